The quantitative estimate of drug-likeness (QED) is 0.791. The van der Waals surface area contributed by atoms with Gasteiger partial charge in [-0.1, -0.05) is 38.1 Å². The Morgan fingerprint density at radius 1 is 1.28 bits per heavy atom. The third-order valence-corrected chi connectivity index (χ3v) is 4.17. The number of aromatic nitrogens is 2. The highest BCUT2D eigenvalue weighted by molar-refractivity contribution is 5.76. The average molecular weight is 347 g/mol. The van der Waals surface area contributed by atoms with Gasteiger partial charge in [0.15, 0.2) is 5.82 Å². The molecule has 0 saturated heterocycles. The number of amides is 1. The zero-order valence-corrected chi connectivity index (χ0v) is 15.5. The first-order chi connectivity index (χ1) is 11.7. The van der Waals surface area contributed by atoms with E-state index in [-0.39, 0.29) is 23.2 Å². The number of nitrogens with zero attached hydrogens (tertiary/aromatic N) is 3. The summed E-state index contributed by atoms with van der Waals surface area (Å²) in [5.74, 6) is 0.844. The van der Waals surface area contributed by atoms with E-state index in [1.54, 1.807) is 17.0 Å². The van der Waals surface area contributed by atoms with Crippen molar-refractivity contribution in [2.75, 3.05) is 6.54 Å². The number of carbonyl (C=O) groups is 1. The van der Waals surface area contributed by atoms with Gasteiger partial charge in [0.25, 0.3) is 0 Å². The molecule has 0 spiro atoms. The lowest BCUT2D eigenvalue weighted by Crippen LogP contribution is -2.33. The van der Waals surface area contributed by atoms with Gasteiger partial charge in [-0.15, -0.1) is 0 Å². The highest BCUT2D eigenvalue weighted by Gasteiger charge is 2.23. The highest BCUT2D eigenvalue weighted by atomic mass is 19.1. The first-order valence-electron chi connectivity index (χ1n) is 8.60. The molecule has 0 aliphatic rings. The third-order valence-electron chi connectivity index (χ3n) is 4.17. The summed E-state index contributed by atoms with van der Waals surface area (Å²) in [6.07, 6.45) is 0.708. The maximum atomic E-state index is 13.1. The number of rotatable bonds is 6. The SMILES string of the molecule is CCN(C(=O)CCc1nc(C(C)(C)C)no1)[C@@H](C)c1ccc(F)cc1. The Labute approximate surface area is 148 Å². The lowest BCUT2D eigenvalue weighted by Gasteiger charge is -2.28. The molecule has 1 aromatic carbocycles. The van der Waals surface area contributed by atoms with Crippen LogP contribution < -0.4 is 0 Å². The largest absolute Gasteiger partial charge is 0.339 e. The van der Waals surface area contributed by atoms with Crippen LogP contribution in [0.25, 0.3) is 0 Å². The van der Waals surface area contributed by atoms with Crippen LogP contribution in [-0.4, -0.2) is 27.5 Å². The minimum atomic E-state index is -0.281. The number of aryl methyl sites for hydroxylation is 1. The van der Waals surface area contributed by atoms with Crippen LogP contribution in [-0.2, 0) is 16.6 Å². The molecule has 1 amide bonds. The normalized spacial score (nSPS) is 12.9. The van der Waals surface area contributed by atoms with Crippen LogP contribution in [0.1, 0.15) is 64.4 Å². The van der Waals surface area contributed by atoms with Crippen LogP contribution in [0.2, 0.25) is 0 Å². The fourth-order valence-corrected chi connectivity index (χ4v) is 2.61. The zero-order chi connectivity index (χ0) is 18.6. The molecule has 0 bridgehead atoms. The predicted molar refractivity (Wildman–Crippen MR) is 93.5 cm³/mol. The van der Waals surface area contributed by atoms with Crippen molar-refractivity contribution < 1.29 is 13.7 Å². The van der Waals surface area contributed by atoms with E-state index < -0.39 is 0 Å². The van der Waals surface area contributed by atoms with Crippen LogP contribution in [0.4, 0.5) is 4.39 Å². The number of benzene rings is 1. The van der Waals surface area contributed by atoms with E-state index in [9.17, 15) is 9.18 Å². The summed E-state index contributed by atoms with van der Waals surface area (Å²) in [4.78, 5) is 18.7. The molecule has 0 N–H and O–H groups in total. The molecular weight excluding hydrogens is 321 g/mol. The molecule has 1 atom stereocenters. The monoisotopic (exact) mass is 347 g/mol. The van der Waals surface area contributed by atoms with Gasteiger partial charge in [-0.2, -0.15) is 4.98 Å². The van der Waals surface area contributed by atoms with Gasteiger partial charge in [-0.25, -0.2) is 4.39 Å². The molecule has 1 heterocycles. The van der Waals surface area contributed by atoms with E-state index >= 15 is 0 Å². The van der Waals surface area contributed by atoms with Gasteiger partial charge in [-0.05, 0) is 31.5 Å². The Morgan fingerprint density at radius 2 is 1.92 bits per heavy atom. The third kappa shape index (κ3) is 4.87. The van der Waals surface area contributed by atoms with Crippen molar-refractivity contribution in [2.45, 2.75) is 58.9 Å². The predicted octanol–water partition coefficient (Wildman–Crippen LogP) is 4.05. The van der Waals surface area contributed by atoms with Crippen molar-refractivity contribution in [2.24, 2.45) is 0 Å². The summed E-state index contributed by atoms with van der Waals surface area (Å²) in [5.41, 5.74) is 0.725. The Morgan fingerprint density at radius 3 is 2.44 bits per heavy atom. The molecular formula is C19H26FN3O2. The summed E-state index contributed by atoms with van der Waals surface area (Å²) in [6.45, 7) is 10.5. The average Bonchev–Trinajstić information content (AvgIpc) is 3.03. The van der Waals surface area contributed by atoms with Gasteiger partial charge in [-0.3, -0.25) is 4.79 Å². The Balaban J connectivity index is 2.00. The van der Waals surface area contributed by atoms with Crippen LogP contribution in [0.5, 0.6) is 0 Å². The standard InChI is InChI=1S/C19H26FN3O2/c1-6-23(13(2)14-7-9-15(20)10-8-14)17(24)12-11-16-21-18(22-25-16)19(3,4)5/h7-10,13H,6,11-12H2,1-5H3/t13-/m0/s1. The number of hydrogen-bond acceptors (Lipinski definition) is 4. The molecule has 0 radical (unpaired) electrons. The van der Waals surface area contributed by atoms with Crippen molar-refractivity contribution in [3.8, 4) is 0 Å². The fourth-order valence-electron chi connectivity index (χ4n) is 2.61. The summed E-state index contributed by atoms with van der Waals surface area (Å²) >= 11 is 0. The Bertz CT molecular complexity index is 704. The smallest absolute Gasteiger partial charge is 0.227 e. The van der Waals surface area contributed by atoms with E-state index in [0.717, 1.165) is 5.56 Å². The van der Waals surface area contributed by atoms with Crippen LogP contribution >= 0.6 is 0 Å². The molecule has 6 heteroatoms. The first-order valence-corrected chi connectivity index (χ1v) is 8.60. The fraction of sp³-hybridized carbons (Fsp3) is 0.526. The van der Waals surface area contributed by atoms with Crippen LogP contribution in [0.3, 0.4) is 0 Å². The van der Waals surface area contributed by atoms with Gasteiger partial charge in [0, 0.05) is 24.8 Å². The first kappa shape index (κ1) is 19.1. The van der Waals surface area contributed by atoms with Crippen molar-refractivity contribution in [3.05, 3.63) is 47.4 Å². The van der Waals surface area contributed by atoms with Gasteiger partial charge < -0.3 is 9.42 Å². The second-order valence-corrected chi connectivity index (χ2v) is 7.17. The molecule has 0 aliphatic carbocycles. The van der Waals surface area contributed by atoms with Crippen molar-refractivity contribution in [3.63, 3.8) is 0 Å². The lowest BCUT2D eigenvalue weighted by molar-refractivity contribution is -0.133. The highest BCUT2D eigenvalue weighted by Crippen LogP contribution is 2.22. The molecule has 25 heavy (non-hydrogen) atoms. The maximum absolute atomic E-state index is 13.1. The molecule has 2 aromatic rings. The van der Waals surface area contributed by atoms with E-state index in [1.165, 1.54) is 12.1 Å². The van der Waals surface area contributed by atoms with E-state index in [4.69, 9.17) is 4.52 Å². The van der Waals surface area contributed by atoms with E-state index in [2.05, 4.69) is 10.1 Å². The topological polar surface area (TPSA) is 59.2 Å². The molecule has 1 aromatic heterocycles. The van der Waals surface area contributed by atoms with E-state index in [0.29, 0.717) is 31.1 Å². The maximum Gasteiger partial charge on any atom is 0.227 e. The molecule has 5 nitrogen and oxygen atoms in total. The Kier molecular flexibility index (Phi) is 5.93. The van der Waals surface area contributed by atoms with Crippen LogP contribution in [0, 0.1) is 5.82 Å². The molecule has 0 unspecified atom stereocenters. The number of carbonyl (C=O) groups excluding carboxylic acids is 1. The van der Waals surface area contributed by atoms with E-state index in [1.807, 2.05) is 34.6 Å². The van der Waals surface area contributed by atoms with Gasteiger partial charge >= 0.3 is 0 Å². The minimum absolute atomic E-state index is 0.00911. The van der Waals surface area contributed by atoms with Crippen molar-refractivity contribution in [1.29, 1.82) is 0 Å². The molecule has 2 rings (SSSR count). The second kappa shape index (κ2) is 7.76. The minimum Gasteiger partial charge on any atom is -0.339 e. The summed E-state index contributed by atoms with van der Waals surface area (Å²) < 4.78 is 18.3. The Hall–Kier alpha value is -2.24. The summed E-state index contributed by atoms with van der Waals surface area (Å²) in [6, 6.07) is 6.13. The zero-order valence-electron chi connectivity index (χ0n) is 15.5. The number of halogens is 1. The summed E-state index contributed by atoms with van der Waals surface area (Å²) in [5, 5.41) is 3.97. The van der Waals surface area contributed by atoms with Gasteiger partial charge in [0.05, 0.1) is 6.04 Å². The van der Waals surface area contributed by atoms with Crippen molar-refractivity contribution >= 4 is 5.91 Å². The van der Waals surface area contributed by atoms with Crippen LogP contribution in [0.15, 0.2) is 28.8 Å². The lowest BCUT2D eigenvalue weighted by atomic mass is 9.96. The van der Waals surface area contributed by atoms with Gasteiger partial charge in [0.1, 0.15) is 5.82 Å². The van der Waals surface area contributed by atoms with Crippen molar-refractivity contribution in [1.82, 2.24) is 15.0 Å². The summed E-state index contributed by atoms with van der Waals surface area (Å²) in [7, 11) is 0. The molecule has 0 fully saturated rings. The van der Waals surface area contributed by atoms with Gasteiger partial charge in [0.2, 0.25) is 11.8 Å². The number of hydrogen-bond donors (Lipinski definition) is 0. The second-order valence-electron chi connectivity index (χ2n) is 7.17. The molecule has 136 valence electrons. The molecule has 0 saturated carbocycles. The molecule has 0 aliphatic heterocycles.